The largest absolute Gasteiger partial charge is 0.461 e. The molecule has 7 nitrogen and oxygen atoms in total. The zero-order valence-electron chi connectivity index (χ0n) is 22.9. The number of esters is 1. The van der Waals surface area contributed by atoms with Gasteiger partial charge in [-0.3, -0.25) is 15.0 Å². The van der Waals surface area contributed by atoms with Crippen LogP contribution >= 0.6 is 0 Å². The molecule has 0 N–H and O–H groups in total. The maximum absolute atomic E-state index is 11.0. The molecule has 0 aromatic carbocycles. The number of hydrogen-bond donors (Lipinski definition) is 0. The number of ketones is 1. The summed E-state index contributed by atoms with van der Waals surface area (Å²) in [4.78, 5) is 25.8. The summed E-state index contributed by atoms with van der Waals surface area (Å²) in [5.74, 6) is -1.27. The Bertz CT molecular complexity index is 520. The first-order chi connectivity index (χ1) is 15.9. The molecule has 0 spiro atoms. The van der Waals surface area contributed by atoms with E-state index in [9.17, 15) is 19.8 Å². The van der Waals surface area contributed by atoms with Crippen LogP contribution in [0.4, 0.5) is 0 Å². The SMILES string of the molecule is C=C([O])/C=C\C(=O)CCCN(C)C.C=C([O])/C=C\C(=O)OCCN(C)C.[CH2]CCC.[CH2]CCC.[Sn]. The number of allylic oxidation sites excluding steroid dienone is 3. The molecular weight excluding hydrogens is 551 g/mol. The van der Waals surface area contributed by atoms with Gasteiger partial charge in [-0.05, 0) is 59.4 Å². The Kier molecular flexibility index (Phi) is 43.0. The average Bonchev–Trinajstić information content (AvgIpc) is 2.76. The molecule has 0 aromatic rings. The fourth-order valence-corrected chi connectivity index (χ4v) is 1.38. The molecule has 0 heterocycles. The summed E-state index contributed by atoms with van der Waals surface area (Å²) in [7, 11) is 7.67. The molecule has 0 aliphatic carbocycles. The van der Waals surface area contributed by atoms with Gasteiger partial charge < -0.3 is 14.5 Å². The number of unbranched alkanes of at least 4 members (excludes halogenated alkanes) is 2. The summed E-state index contributed by atoms with van der Waals surface area (Å²) in [6.07, 6.45) is 10.5. The Morgan fingerprint density at radius 2 is 1.17 bits per heavy atom. The summed E-state index contributed by atoms with van der Waals surface area (Å²) in [6.45, 7) is 19.5. The van der Waals surface area contributed by atoms with Crippen molar-refractivity contribution in [3.8, 4) is 0 Å². The van der Waals surface area contributed by atoms with Gasteiger partial charge in [-0.2, -0.15) is 0 Å². The smallest absolute Gasteiger partial charge is 0.330 e. The van der Waals surface area contributed by atoms with Gasteiger partial charge in [0, 0.05) is 42.9 Å². The summed E-state index contributed by atoms with van der Waals surface area (Å²) in [5, 5.41) is 20.7. The fraction of sp³-hybridized carbons (Fsp3) is 0.556. The molecule has 0 amide bonds. The third kappa shape index (κ3) is 59.7. The molecule has 0 atom stereocenters. The predicted molar refractivity (Wildman–Crippen MR) is 147 cm³/mol. The Balaban J connectivity index is -0.000000128. The van der Waals surface area contributed by atoms with E-state index < -0.39 is 11.7 Å². The monoisotopic (exact) mass is 600 g/mol. The van der Waals surface area contributed by atoms with Crippen LogP contribution in [-0.4, -0.2) is 93.3 Å². The zero-order valence-corrected chi connectivity index (χ0v) is 25.8. The number of ether oxygens (including phenoxy) is 1. The Morgan fingerprint density at radius 1 is 0.771 bits per heavy atom. The van der Waals surface area contributed by atoms with Crippen molar-refractivity contribution in [1.29, 1.82) is 0 Å². The molecule has 0 aromatic heterocycles. The second kappa shape index (κ2) is 34.6. The number of hydrogen-bond acceptors (Lipinski definition) is 5. The van der Waals surface area contributed by atoms with E-state index in [1.54, 1.807) is 0 Å². The summed E-state index contributed by atoms with van der Waals surface area (Å²) in [6, 6.07) is 0. The van der Waals surface area contributed by atoms with Gasteiger partial charge in [-0.25, -0.2) is 4.79 Å². The van der Waals surface area contributed by atoms with E-state index in [1.807, 2.05) is 38.0 Å². The average molecular weight is 599 g/mol. The van der Waals surface area contributed by atoms with Crippen molar-refractivity contribution in [2.24, 2.45) is 0 Å². The maximum atomic E-state index is 11.0. The number of likely N-dealkylation sites (N-methyl/N-ethyl adjacent to an activating group) is 1. The standard InChI is InChI=1S/C10H16NO2.C9H14NO3.2C4H9.Sn/c1-9(12)6-7-10(13)5-4-8-11(2)3;1-8(11)4-5-9(12)13-7-6-10(2)3;2*1-3-4-2;/h6-7H,1,4-5,8H2,2-3H3;4-5H,1,6-7H2,2-3H3;2*1,3-4H2,2H3;/b7-6-;5-4-;;;. The molecule has 0 saturated carbocycles. The van der Waals surface area contributed by atoms with Crippen molar-refractivity contribution in [3.05, 3.63) is 62.8 Å². The van der Waals surface area contributed by atoms with Crippen LogP contribution in [0.1, 0.15) is 52.4 Å². The van der Waals surface area contributed by atoms with Gasteiger partial charge in [0.25, 0.3) is 0 Å². The van der Waals surface area contributed by atoms with Crippen LogP contribution in [0, 0.1) is 13.8 Å². The molecule has 35 heavy (non-hydrogen) atoms. The maximum Gasteiger partial charge on any atom is 0.330 e. The molecule has 0 unspecified atom stereocenters. The third-order valence-corrected chi connectivity index (χ3v) is 3.38. The summed E-state index contributed by atoms with van der Waals surface area (Å²) in [5.41, 5.74) is 0. The molecule has 0 aliphatic heterocycles. The molecule has 0 saturated heterocycles. The number of nitrogens with zero attached hydrogens (tertiary/aromatic N) is 2. The van der Waals surface area contributed by atoms with Gasteiger partial charge in [-0.15, -0.1) is 0 Å². The Labute approximate surface area is 232 Å². The van der Waals surface area contributed by atoms with Crippen molar-refractivity contribution in [2.75, 3.05) is 47.9 Å². The Hall–Kier alpha value is -1.58. The van der Waals surface area contributed by atoms with Gasteiger partial charge in [0.05, 0.1) is 0 Å². The second-order valence-electron chi connectivity index (χ2n) is 7.65. The van der Waals surface area contributed by atoms with Crippen LogP contribution in [0.15, 0.2) is 49.0 Å². The van der Waals surface area contributed by atoms with Crippen molar-refractivity contribution in [3.63, 3.8) is 0 Å². The Morgan fingerprint density at radius 3 is 1.51 bits per heavy atom. The molecule has 0 bridgehead atoms. The van der Waals surface area contributed by atoms with Gasteiger partial charge in [-0.1, -0.05) is 66.5 Å². The van der Waals surface area contributed by atoms with Crippen LogP contribution in [0.3, 0.4) is 0 Å². The van der Waals surface area contributed by atoms with Crippen molar-refractivity contribution < 1.29 is 24.5 Å². The summed E-state index contributed by atoms with van der Waals surface area (Å²) < 4.78 is 4.76. The first kappa shape index (κ1) is 43.5. The number of rotatable bonds is 13. The van der Waals surface area contributed by atoms with E-state index in [-0.39, 0.29) is 35.4 Å². The molecule has 0 aliphatic rings. The summed E-state index contributed by atoms with van der Waals surface area (Å²) >= 11 is 0. The molecule has 8 radical (unpaired) electrons. The fourth-order valence-electron chi connectivity index (χ4n) is 1.38. The first-order valence-electron chi connectivity index (χ1n) is 11.5. The van der Waals surface area contributed by atoms with Crippen LogP contribution in [0.5, 0.6) is 0 Å². The molecule has 0 fully saturated rings. The molecular formula is C27H48N2O5Sn. The minimum Gasteiger partial charge on any atom is -0.461 e. The topological polar surface area (TPSA) is 89.7 Å². The number of carbonyl (C=O) groups excluding carboxylic acids is 2. The quantitative estimate of drug-likeness (QED) is 0.0994. The normalized spacial score (nSPS) is 9.77. The molecule has 8 heteroatoms. The van der Waals surface area contributed by atoms with Gasteiger partial charge >= 0.3 is 5.97 Å². The molecule has 200 valence electrons. The van der Waals surface area contributed by atoms with E-state index in [0.29, 0.717) is 19.6 Å². The van der Waals surface area contributed by atoms with Crippen LogP contribution < -0.4 is 0 Å². The van der Waals surface area contributed by atoms with Crippen LogP contribution in [0.25, 0.3) is 0 Å². The molecule has 0 rings (SSSR count). The minimum absolute atomic E-state index is 0. The number of carbonyl (C=O) groups is 2. The van der Waals surface area contributed by atoms with Gasteiger partial charge in [0.2, 0.25) is 0 Å². The zero-order chi connectivity index (χ0) is 27.4. The predicted octanol–water partition coefficient (Wildman–Crippen LogP) is 4.85. The first-order valence-corrected chi connectivity index (χ1v) is 11.5. The van der Waals surface area contributed by atoms with E-state index in [0.717, 1.165) is 38.0 Å². The van der Waals surface area contributed by atoms with E-state index in [2.05, 4.69) is 40.9 Å². The van der Waals surface area contributed by atoms with Gasteiger partial charge in [0.15, 0.2) is 17.3 Å². The van der Waals surface area contributed by atoms with E-state index in [4.69, 9.17) is 4.74 Å². The van der Waals surface area contributed by atoms with Crippen molar-refractivity contribution >= 4 is 35.7 Å². The van der Waals surface area contributed by atoms with Crippen LogP contribution in [-0.2, 0) is 24.5 Å². The van der Waals surface area contributed by atoms with Gasteiger partial charge in [0.1, 0.15) is 6.61 Å². The second-order valence-corrected chi connectivity index (χ2v) is 7.65. The van der Waals surface area contributed by atoms with Crippen molar-refractivity contribution in [1.82, 2.24) is 9.80 Å². The minimum atomic E-state index is -0.515. The van der Waals surface area contributed by atoms with E-state index >= 15 is 0 Å². The van der Waals surface area contributed by atoms with E-state index in [1.165, 1.54) is 25.0 Å². The van der Waals surface area contributed by atoms with Crippen molar-refractivity contribution in [2.45, 2.75) is 52.4 Å². The third-order valence-electron chi connectivity index (χ3n) is 3.38. The van der Waals surface area contributed by atoms with Crippen LogP contribution in [0.2, 0.25) is 0 Å².